The molecule has 1 amide bonds. The zero-order valence-electron chi connectivity index (χ0n) is 24.8. The maximum atomic E-state index is 15.7. The molecule has 2 unspecified atom stereocenters. The first-order chi connectivity index (χ1) is 21.6. The molecule has 2 atom stereocenters. The number of carboxylic acid groups (broad SMARTS) is 1. The van der Waals surface area contributed by atoms with Gasteiger partial charge in [-0.15, -0.1) is 0 Å². The third kappa shape index (κ3) is 5.17. The predicted octanol–water partition coefficient (Wildman–Crippen LogP) is 6.08. The molecule has 9 nitrogen and oxygen atoms in total. The van der Waals surface area contributed by atoms with E-state index in [0.29, 0.717) is 48.9 Å². The summed E-state index contributed by atoms with van der Waals surface area (Å²) >= 11 is 13.2. The topological polar surface area (TPSA) is 91.8 Å². The summed E-state index contributed by atoms with van der Waals surface area (Å²) in [4.78, 5) is 31.5. The van der Waals surface area contributed by atoms with Crippen molar-refractivity contribution in [2.24, 2.45) is 0 Å². The van der Waals surface area contributed by atoms with Gasteiger partial charge in [0.15, 0.2) is 6.73 Å². The molecule has 1 N–H and O–H groups in total. The van der Waals surface area contributed by atoms with Crippen LogP contribution in [0.3, 0.4) is 0 Å². The van der Waals surface area contributed by atoms with Gasteiger partial charge in [-0.3, -0.25) is 4.79 Å². The minimum Gasteiger partial charge on any atom is -0.478 e. The van der Waals surface area contributed by atoms with E-state index in [1.54, 1.807) is 37.4 Å². The summed E-state index contributed by atoms with van der Waals surface area (Å²) in [6, 6.07) is 11.5. The van der Waals surface area contributed by atoms with Gasteiger partial charge in [-0.1, -0.05) is 41.4 Å². The minimum atomic E-state index is -1.19. The SMILES string of the molecule is COC1(C)CN(c2cc(Cl)c(C(=O)N3COc4c(cccc4-c4cc(N5C6CCC5COC6)c(C(=O)O)cc4F)C3)c(Cl)c2)C1. The molecule has 236 valence electrons. The molecule has 3 saturated heterocycles. The highest BCUT2D eigenvalue weighted by Gasteiger charge is 2.41. The molecule has 3 fully saturated rings. The number of nitrogens with zero attached hydrogens (tertiary/aromatic N) is 3. The Kier molecular flexibility index (Phi) is 7.59. The van der Waals surface area contributed by atoms with Crippen LogP contribution in [0, 0.1) is 5.82 Å². The van der Waals surface area contributed by atoms with E-state index in [1.165, 1.54) is 4.90 Å². The summed E-state index contributed by atoms with van der Waals surface area (Å²) in [6.45, 7) is 4.45. The van der Waals surface area contributed by atoms with Crippen molar-refractivity contribution in [2.75, 3.05) is 49.9 Å². The first-order valence-corrected chi connectivity index (χ1v) is 15.6. The van der Waals surface area contributed by atoms with E-state index in [0.717, 1.165) is 24.6 Å². The Morgan fingerprint density at radius 3 is 2.38 bits per heavy atom. The lowest BCUT2D eigenvalue weighted by atomic mass is 9.95. The molecule has 3 aromatic carbocycles. The van der Waals surface area contributed by atoms with Crippen molar-refractivity contribution in [3.8, 4) is 16.9 Å². The monoisotopic (exact) mass is 655 g/mol. The van der Waals surface area contributed by atoms with Crippen LogP contribution in [-0.4, -0.2) is 79.7 Å². The second-order valence-electron chi connectivity index (χ2n) is 12.3. The summed E-state index contributed by atoms with van der Waals surface area (Å²) in [7, 11) is 1.68. The number of carbonyl (C=O) groups excluding carboxylic acids is 1. The van der Waals surface area contributed by atoms with Gasteiger partial charge in [-0.05, 0) is 44.0 Å². The normalized spacial score (nSPS) is 21.7. The fourth-order valence-corrected chi connectivity index (χ4v) is 7.61. The lowest BCUT2D eigenvalue weighted by molar-refractivity contribution is -0.0167. The van der Waals surface area contributed by atoms with Gasteiger partial charge < -0.3 is 34.0 Å². The smallest absolute Gasteiger partial charge is 0.337 e. The van der Waals surface area contributed by atoms with Crippen molar-refractivity contribution >= 4 is 46.5 Å². The minimum absolute atomic E-state index is 0.0323. The number of para-hydroxylation sites is 1. The number of aromatic carboxylic acids is 1. The molecule has 12 heteroatoms. The van der Waals surface area contributed by atoms with Gasteiger partial charge in [0.25, 0.3) is 5.91 Å². The molecule has 4 heterocycles. The van der Waals surface area contributed by atoms with Crippen LogP contribution in [0.25, 0.3) is 11.1 Å². The van der Waals surface area contributed by atoms with Crippen molar-refractivity contribution in [3.63, 3.8) is 0 Å². The third-order valence-corrected chi connectivity index (χ3v) is 9.98. The van der Waals surface area contributed by atoms with Gasteiger partial charge in [-0.25, -0.2) is 9.18 Å². The van der Waals surface area contributed by atoms with E-state index in [1.807, 2.05) is 13.0 Å². The Balaban J connectivity index is 1.17. The van der Waals surface area contributed by atoms with Gasteiger partial charge in [0.05, 0.1) is 64.3 Å². The lowest BCUT2D eigenvalue weighted by Crippen LogP contribution is -2.61. The molecular weight excluding hydrogens is 624 g/mol. The number of morpholine rings is 1. The molecule has 0 aliphatic carbocycles. The number of rotatable bonds is 6. The van der Waals surface area contributed by atoms with Crippen LogP contribution in [0.5, 0.6) is 5.75 Å². The van der Waals surface area contributed by atoms with Gasteiger partial charge in [0.2, 0.25) is 0 Å². The Labute approximate surface area is 270 Å². The highest BCUT2D eigenvalue weighted by Crippen LogP contribution is 2.43. The van der Waals surface area contributed by atoms with E-state index < -0.39 is 11.8 Å². The van der Waals surface area contributed by atoms with Crippen molar-refractivity contribution in [1.29, 1.82) is 0 Å². The first-order valence-electron chi connectivity index (χ1n) is 14.8. The number of halogens is 3. The van der Waals surface area contributed by atoms with E-state index in [9.17, 15) is 14.7 Å². The number of anilines is 2. The van der Waals surface area contributed by atoms with Gasteiger partial charge >= 0.3 is 5.97 Å². The van der Waals surface area contributed by atoms with E-state index in [2.05, 4.69) is 9.80 Å². The molecule has 45 heavy (non-hydrogen) atoms. The van der Waals surface area contributed by atoms with Crippen LogP contribution in [0.1, 0.15) is 46.0 Å². The van der Waals surface area contributed by atoms with E-state index in [-0.39, 0.29) is 63.6 Å². The van der Waals surface area contributed by atoms with Crippen molar-refractivity contribution in [1.82, 2.24) is 4.90 Å². The molecule has 0 saturated carbocycles. The number of carbonyl (C=O) groups is 2. The molecule has 0 radical (unpaired) electrons. The molecule has 0 spiro atoms. The molecule has 3 aromatic rings. The fraction of sp³-hybridized carbons (Fsp3) is 0.394. The number of fused-ring (bicyclic) bond motifs is 3. The molecule has 7 rings (SSSR count). The average molecular weight is 657 g/mol. The fourth-order valence-electron chi connectivity index (χ4n) is 6.97. The average Bonchev–Trinajstić information content (AvgIpc) is 3.25. The Morgan fingerprint density at radius 1 is 1.04 bits per heavy atom. The van der Waals surface area contributed by atoms with Crippen LogP contribution < -0.4 is 14.5 Å². The zero-order valence-corrected chi connectivity index (χ0v) is 26.3. The van der Waals surface area contributed by atoms with Gasteiger partial charge in [0, 0.05) is 42.6 Å². The van der Waals surface area contributed by atoms with Crippen LogP contribution in [-0.2, 0) is 16.0 Å². The summed E-state index contributed by atoms with van der Waals surface area (Å²) < 4.78 is 33.0. The second kappa shape index (κ2) is 11.3. The third-order valence-electron chi connectivity index (χ3n) is 9.38. The number of carboxylic acids is 1. The molecular formula is C33H32Cl2FN3O6. The largest absolute Gasteiger partial charge is 0.478 e. The molecule has 0 aromatic heterocycles. The first kappa shape index (κ1) is 30.1. The van der Waals surface area contributed by atoms with E-state index in [4.69, 9.17) is 37.4 Å². The maximum Gasteiger partial charge on any atom is 0.337 e. The number of hydrogen-bond acceptors (Lipinski definition) is 7. The second-order valence-corrected chi connectivity index (χ2v) is 13.2. The Bertz CT molecular complexity index is 1670. The van der Waals surface area contributed by atoms with Crippen LogP contribution in [0.2, 0.25) is 10.0 Å². The highest BCUT2D eigenvalue weighted by molar-refractivity contribution is 6.40. The zero-order chi connectivity index (χ0) is 31.6. The van der Waals surface area contributed by atoms with Gasteiger partial charge in [0.1, 0.15) is 11.6 Å². The van der Waals surface area contributed by atoms with Crippen molar-refractivity contribution < 1.29 is 33.3 Å². The quantitative estimate of drug-likeness (QED) is 0.342. The van der Waals surface area contributed by atoms with E-state index >= 15 is 4.39 Å². The predicted molar refractivity (Wildman–Crippen MR) is 168 cm³/mol. The number of methoxy groups -OCH3 is 1. The lowest BCUT2D eigenvalue weighted by Gasteiger charge is -2.48. The van der Waals surface area contributed by atoms with Crippen molar-refractivity contribution in [2.45, 2.75) is 44.0 Å². The molecule has 4 aliphatic heterocycles. The standard InChI is InChI=1S/C33H32Cl2FN3O6/c1-33(43-2)15-38(16-33)21-8-25(34)29(26(35)9-21)31(40)37-12-18-4-3-5-22(30(18)45-17-37)23-11-28(24(32(41)42)10-27(23)36)39-19-6-7-20(39)14-44-13-19/h3-5,8-11,19-20H,6-7,12-17H2,1-2H3,(H,41,42). The number of hydrogen-bond donors (Lipinski definition) is 1. The number of ether oxygens (including phenoxy) is 3. The van der Waals surface area contributed by atoms with Crippen LogP contribution in [0.15, 0.2) is 42.5 Å². The number of benzene rings is 3. The summed E-state index contributed by atoms with van der Waals surface area (Å²) in [5, 5.41) is 10.4. The van der Waals surface area contributed by atoms with Gasteiger partial charge in [-0.2, -0.15) is 0 Å². The van der Waals surface area contributed by atoms with Crippen LogP contribution in [0.4, 0.5) is 15.8 Å². The maximum absolute atomic E-state index is 15.7. The molecule has 2 bridgehead atoms. The summed E-state index contributed by atoms with van der Waals surface area (Å²) in [6.07, 6.45) is 1.76. The van der Waals surface area contributed by atoms with Crippen LogP contribution >= 0.6 is 23.2 Å². The summed E-state index contributed by atoms with van der Waals surface area (Å²) in [5.41, 5.74) is 2.52. The highest BCUT2D eigenvalue weighted by atomic mass is 35.5. The summed E-state index contributed by atoms with van der Waals surface area (Å²) in [5.74, 6) is -1.81. The van der Waals surface area contributed by atoms with Crippen molar-refractivity contribution in [3.05, 3.63) is 75.0 Å². The Morgan fingerprint density at radius 2 is 1.73 bits per heavy atom. The molecule has 4 aliphatic rings. The number of amides is 1. The Hall–Kier alpha value is -3.57.